The lowest BCUT2D eigenvalue weighted by Crippen LogP contribution is -2.60. The van der Waals surface area contributed by atoms with Gasteiger partial charge >= 0.3 is 6.09 Å². The smallest absolute Gasteiger partial charge is 0.407 e. The van der Waals surface area contributed by atoms with Crippen LogP contribution in [0.2, 0.25) is 0 Å². The highest BCUT2D eigenvalue weighted by molar-refractivity contribution is 8.01. The first kappa shape index (κ1) is 8.70. The molecule has 0 aromatic heterocycles. The molecule has 1 atom stereocenters. The third-order valence-electron chi connectivity index (χ3n) is 2.62. The van der Waals surface area contributed by atoms with Gasteiger partial charge in [-0.15, -0.1) is 0 Å². The number of nitriles is 1. The molecular formula is C8H10N2O2S. The molecule has 1 spiro atoms. The number of thioether (sulfide) groups is 1. The summed E-state index contributed by atoms with van der Waals surface area (Å²) in [6.07, 6.45) is 0.0180. The maximum atomic E-state index is 10.5. The van der Waals surface area contributed by atoms with E-state index in [9.17, 15) is 4.79 Å². The van der Waals surface area contributed by atoms with Crippen molar-refractivity contribution < 1.29 is 9.90 Å². The Morgan fingerprint density at radius 2 is 2.38 bits per heavy atom. The Labute approximate surface area is 80.5 Å². The predicted molar refractivity (Wildman–Crippen MR) is 48.5 cm³/mol. The van der Waals surface area contributed by atoms with E-state index in [1.807, 2.05) is 0 Å². The van der Waals surface area contributed by atoms with Gasteiger partial charge in [0.25, 0.3) is 0 Å². The van der Waals surface area contributed by atoms with Crippen LogP contribution in [0.25, 0.3) is 0 Å². The van der Waals surface area contributed by atoms with Gasteiger partial charge < -0.3 is 10.0 Å². The third kappa shape index (κ3) is 1.35. The minimum absolute atomic E-state index is 0.0821. The van der Waals surface area contributed by atoms with Crippen LogP contribution in [0.1, 0.15) is 6.42 Å². The molecule has 2 aliphatic heterocycles. The maximum absolute atomic E-state index is 10.5. The number of likely N-dealkylation sites (tertiary alicyclic amines) is 1. The number of hydrogen-bond donors (Lipinski definition) is 1. The van der Waals surface area contributed by atoms with Gasteiger partial charge in [0.15, 0.2) is 0 Å². The molecule has 0 radical (unpaired) electrons. The fraction of sp³-hybridized carbons (Fsp3) is 0.750. The highest BCUT2D eigenvalue weighted by Gasteiger charge is 2.50. The molecule has 0 aromatic carbocycles. The second kappa shape index (κ2) is 2.81. The van der Waals surface area contributed by atoms with Crippen LogP contribution in [0, 0.1) is 17.2 Å². The molecule has 2 saturated heterocycles. The van der Waals surface area contributed by atoms with Crippen LogP contribution in [0.3, 0.4) is 0 Å². The predicted octanol–water partition coefficient (Wildman–Crippen LogP) is 0.995. The lowest BCUT2D eigenvalue weighted by atomic mass is 9.90. The van der Waals surface area contributed by atoms with Crippen LogP contribution >= 0.6 is 11.8 Å². The maximum Gasteiger partial charge on any atom is 0.407 e. The molecule has 13 heavy (non-hydrogen) atoms. The Morgan fingerprint density at radius 3 is 2.85 bits per heavy atom. The Balaban J connectivity index is 1.92. The van der Waals surface area contributed by atoms with Crippen LogP contribution in [0.15, 0.2) is 0 Å². The first-order valence-corrected chi connectivity index (χ1v) is 5.15. The van der Waals surface area contributed by atoms with Gasteiger partial charge in [0.1, 0.15) is 0 Å². The molecule has 5 heteroatoms. The van der Waals surface area contributed by atoms with Crippen molar-refractivity contribution in [2.24, 2.45) is 5.92 Å². The molecule has 0 bridgehead atoms. The second-order valence-electron chi connectivity index (χ2n) is 3.66. The van der Waals surface area contributed by atoms with Crippen molar-refractivity contribution in [1.82, 2.24) is 4.90 Å². The third-order valence-corrected chi connectivity index (χ3v) is 4.23. The molecule has 70 valence electrons. The zero-order valence-electron chi connectivity index (χ0n) is 7.06. The van der Waals surface area contributed by atoms with Gasteiger partial charge in [0.2, 0.25) is 0 Å². The molecule has 2 fully saturated rings. The monoisotopic (exact) mass is 198 g/mol. The van der Waals surface area contributed by atoms with Crippen LogP contribution in [-0.4, -0.2) is 39.7 Å². The van der Waals surface area contributed by atoms with E-state index in [-0.39, 0.29) is 10.7 Å². The summed E-state index contributed by atoms with van der Waals surface area (Å²) in [5.74, 6) is 0.991. The highest BCUT2D eigenvalue weighted by atomic mass is 32.2. The second-order valence-corrected chi connectivity index (χ2v) is 5.15. The Hall–Kier alpha value is -0.890. The summed E-state index contributed by atoms with van der Waals surface area (Å²) < 4.78 is 0.0821. The van der Waals surface area contributed by atoms with Crippen LogP contribution < -0.4 is 0 Å². The first-order valence-electron chi connectivity index (χ1n) is 4.17. The van der Waals surface area contributed by atoms with E-state index in [0.29, 0.717) is 13.1 Å². The number of rotatable bonds is 0. The fourth-order valence-corrected chi connectivity index (χ4v) is 3.49. The summed E-state index contributed by atoms with van der Waals surface area (Å²) in [5.41, 5.74) is 0. The van der Waals surface area contributed by atoms with E-state index in [4.69, 9.17) is 10.4 Å². The molecule has 4 nitrogen and oxygen atoms in total. The average Bonchev–Trinajstić information content (AvgIpc) is 2.44. The van der Waals surface area contributed by atoms with Gasteiger partial charge in [-0.1, -0.05) is 0 Å². The van der Waals surface area contributed by atoms with Gasteiger partial charge in [-0.2, -0.15) is 17.0 Å². The lowest BCUT2D eigenvalue weighted by molar-refractivity contribution is 0.0930. The summed E-state index contributed by atoms with van der Waals surface area (Å²) in [6.45, 7) is 1.20. The summed E-state index contributed by atoms with van der Waals surface area (Å²) >= 11 is 1.76. The van der Waals surface area contributed by atoms with Gasteiger partial charge in [-0.05, 0) is 6.42 Å². The topological polar surface area (TPSA) is 64.3 Å². The van der Waals surface area contributed by atoms with Crippen LogP contribution in [-0.2, 0) is 0 Å². The minimum Gasteiger partial charge on any atom is -0.465 e. The van der Waals surface area contributed by atoms with Crippen molar-refractivity contribution in [3.63, 3.8) is 0 Å². The molecule has 1 N–H and O–H groups in total. The largest absolute Gasteiger partial charge is 0.465 e. The molecule has 0 aromatic rings. The average molecular weight is 198 g/mol. The van der Waals surface area contributed by atoms with E-state index >= 15 is 0 Å². The SMILES string of the molecule is N#CC1CSC2(C1)CN(C(=O)O)C2. The molecular weight excluding hydrogens is 188 g/mol. The molecule has 2 aliphatic rings. The number of hydrogen-bond acceptors (Lipinski definition) is 3. The molecule has 0 saturated carbocycles. The van der Waals surface area contributed by atoms with Crippen molar-refractivity contribution >= 4 is 17.9 Å². The highest BCUT2D eigenvalue weighted by Crippen LogP contribution is 2.47. The summed E-state index contributed by atoms with van der Waals surface area (Å²) in [4.78, 5) is 11.9. The van der Waals surface area contributed by atoms with Gasteiger partial charge in [0, 0.05) is 18.8 Å². The quantitative estimate of drug-likeness (QED) is 0.630. The number of carbonyl (C=O) groups is 1. The Kier molecular flexibility index (Phi) is 1.88. The van der Waals surface area contributed by atoms with E-state index in [0.717, 1.165) is 12.2 Å². The lowest BCUT2D eigenvalue weighted by Gasteiger charge is -2.45. The van der Waals surface area contributed by atoms with Crippen molar-refractivity contribution in [3.05, 3.63) is 0 Å². The molecule has 2 rings (SSSR count). The Bertz CT molecular complexity index is 280. The van der Waals surface area contributed by atoms with E-state index in [1.54, 1.807) is 11.8 Å². The van der Waals surface area contributed by atoms with Gasteiger partial charge in [0.05, 0.1) is 16.7 Å². The standard InChI is InChI=1S/C8H10N2O2S/c9-2-6-1-8(13-3-6)4-10(5-8)7(11)12/h6H,1,3-5H2,(H,11,12). The van der Waals surface area contributed by atoms with Crippen LogP contribution in [0.5, 0.6) is 0 Å². The van der Waals surface area contributed by atoms with E-state index < -0.39 is 6.09 Å². The van der Waals surface area contributed by atoms with Crippen LogP contribution in [0.4, 0.5) is 4.79 Å². The number of amides is 1. The zero-order chi connectivity index (χ0) is 9.47. The molecule has 0 aliphatic carbocycles. The first-order chi connectivity index (χ1) is 6.15. The summed E-state index contributed by atoms with van der Waals surface area (Å²) in [7, 11) is 0. The van der Waals surface area contributed by atoms with Crippen molar-refractivity contribution in [2.75, 3.05) is 18.8 Å². The number of nitrogens with zero attached hydrogens (tertiary/aromatic N) is 2. The summed E-state index contributed by atoms with van der Waals surface area (Å²) in [6, 6.07) is 2.24. The number of carboxylic acid groups (broad SMARTS) is 1. The fourth-order valence-electron chi connectivity index (χ4n) is 1.93. The Morgan fingerprint density at radius 1 is 1.69 bits per heavy atom. The summed E-state index contributed by atoms with van der Waals surface area (Å²) in [5, 5.41) is 17.4. The normalized spacial score (nSPS) is 29.8. The van der Waals surface area contributed by atoms with Crippen molar-refractivity contribution in [3.8, 4) is 6.07 Å². The molecule has 2 heterocycles. The van der Waals surface area contributed by atoms with Gasteiger partial charge in [-0.25, -0.2) is 4.79 Å². The van der Waals surface area contributed by atoms with Crippen molar-refractivity contribution in [2.45, 2.75) is 11.2 Å². The van der Waals surface area contributed by atoms with Crippen molar-refractivity contribution in [1.29, 1.82) is 5.26 Å². The molecule has 1 unspecified atom stereocenters. The molecule has 1 amide bonds. The van der Waals surface area contributed by atoms with Gasteiger partial charge in [-0.3, -0.25) is 0 Å². The van der Waals surface area contributed by atoms with E-state index in [2.05, 4.69) is 6.07 Å². The zero-order valence-corrected chi connectivity index (χ0v) is 7.88. The minimum atomic E-state index is -0.841. The van der Waals surface area contributed by atoms with E-state index in [1.165, 1.54) is 4.90 Å².